The molecule has 0 N–H and O–H groups in total. The molecule has 2 heterocycles. The summed E-state index contributed by atoms with van der Waals surface area (Å²) in [6.45, 7) is 0.437. The average Bonchev–Trinajstić information content (AvgIpc) is 2.45. The molecule has 0 aliphatic carbocycles. The van der Waals surface area contributed by atoms with Crippen LogP contribution in [0.1, 0.15) is 6.92 Å². The number of hydrogen-bond acceptors (Lipinski definition) is 2. The summed E-state index contributed by atoms with van der Waals surface area (Å²) in [6, 6.07) is 1.74. The van der Waals surface area contributed by atoms with Crippen molar-refractivity contribution in [2.75, 3.05) is 0 Å². The van der Waals surface area contributed by atoms with Crippen molar-refractivity contribution in [3.63, 3.8) is 0 Å². The Morgan fingerprint density at radius 3 is 2.87 bits per heavy atom. The van der Waals surface area contributed by atoms with Gasteiger partial charge in [-0.15, -0.1) is 0 Å². The zero-order valence-corrected chi connectivity index (χ0v) is 9.50. The van der Waals surface area contributed by atoms with E-state index in [0.717, 1.165) is 12.3 Å². The Labute approximate surface area is 93.2 Å². The van der Waals surface area contributed by atoms with E-state index in [9.17, 15) is 8.78 Å². The largest absolute Gasteiger partial charge is 0.264 e. The quantitative estimate of drug-likeness (QED) is 0.790. The molecular formula is C9H8BrF2N3. The second-order valence-electron chi connectivity index (χ2n) is 3.44. The predicted octanol–water partition coefficient (Wildman–Crippen LogP) is 2.85. The summed E-state index contributed by atoms with van der Waals surface area (Å²) in [5, 5.41) is 4.69. The number of halogens is 3. The summed E-state index contributed by atoms with van der Waals surface area (Å²) in [5.74, 6) is -2.77. The van der Waals surface area contributed by atoms with Crippen molar-refractivity contribution in [3.05, 3.63) is 23.1 Å². The van der Waals surface area contributed by atoms with E-state index in [4.69, 9.17) is 0 Å². The first kappa shape index (κ1) is 10.5. The lowest BCUT2D eigenvalue weighted by Crippen LogP contribution is -2.19. The van der Waals surface area contributed by atoms with Crippen LogP contribution in [0.5, 0.6) is 0 Å². The van der Waals surface area contributed by atoms with Crippen LogP contribution in [-0.4, -0.2) is 20.7 Å². The van der Waals surface area contributed by atoms with Gasteiger partial charge in [0.25, 0.3) is 5.92 Å². The van der Waals surface area contributed by atoms with Gasteiger partial charge >= 0.3 is 0 Å². The van der Waals surface area contributed by atoms with Crippen molar-refractivity contribution >= 4 is 26.8 Å². The topological polar surface area (TPSA) is 30.7 Å². The summed E-state index contributed by atoms with van der Waals surface area (Å²) in [7, 11) is 0. The highest BCUT2D eigenvalue weighted by molar-refractivity contribution is 9.10. The van der Waals surface area contributed by atoms with Gasteiger partial charge in [0, 0.05) is 12.3 Å². The van der Waals surface area contributed by atoms with Crippen LogP contribution in [0, 0.1) is 0 Å². The van der Waals surface area contributed by atoms with Gasteiger partial charge in [0.1, 0.15) is 11.1 Å². The van der Waals surface area contributed by atoms with E-state index in [1.54, 1.807) is 12.3 Å². The number of hydrogen-bond donors (Lipinski definition) is 0. The zero-order valence-electron chi connectivity index (χ0n) is 7.91. The minimum atomic E-state index is -2.77. The van der Waals surface area contributed by atoms with Crippen molar-refractivity contribution in [2.24, 2.45) is 0 Å². The highest BCUT2D eigenvalue weighted by atomic mass is 79.9. The first-order chi connectivity index (χ1) is 6.96. The fraction of sp³-hybridized carbons (Fsp3) is 0.333. The van der Waals surface area contributed by atoms with Gasteiger partial charge in [-0.25, -0.2) is 13.8 Å². The number of aromatic nitrogens is 3. The van der Waals surface area contributed by atoms with Crippen LogP contribution in [0.2, 0.25) is 0 Å². The highest BCUT2D eigenvalue weighted by Crippen LogP contribution is 2.20. The predicted molar refractivity (Wildman–Crippen MR) is 55.8 cm³/mol. The second kappa shape index (κ2) is 3.52. The summed E-state index contributed by atoms with van der Waals surface area (Å²) in [5.41, 5.74) is 0.611. The molecule has 0 aliphatic rings. The number of rotatable bonds is 2. The van der Waals surface area contributed by atoms with Crippen LogP contribution in [-0.2, 0) is 6.54 Å². The molecule has 0 saturated carbocycles. The molecule has 0 bridgehead atoms. The van der Waals surface area contributed by atoms with Crippen LogP contribution in [0.3, 0.4) is 0 Å². The van der Waals surface area contributed by atoms with Crippen LogP contribution in [0.15, 0.2) is 23.1 Å². The van der Waals surface area contributed by atoms with Crippen LogP contribution in [0.4, 0.5) is 8.78 Å². The Morgan fingerprint density at radius 2 is 2.20 bits per heavy atom. The maximum Gasteiger partial charge on any atom is 0.264 e. The smallest absolute Gasteiger partial charge is 0.257 e. The fourth-order valence-corrected chi connectivity index (χ4v) is 1.69. The van der Waals surface area contributed by atoms with Crippen molar-refractivity contribution in [1.82, 2.24) is 14.8 Å². The van der Waals surface area contributed by atoms with E-state index in [1.807, 2.05) is 0 Å². The molecule has 0 aliphatic heterocycles. The number of nitrogens with zero attached hydrogens (tertiary/aromatic N) is 3. The molecule has 2 aromatic heterocycles. The molecule has 0 spiro atoms. The lowest BCUT2D eigenvalue weighted by molar-refractivity contribution is 0.00181. The Kier molecular flexibility index (Phi) is 2.46. The summed E-state index contributed by atoms with van der Waals surface area (Å²) in [4.78, 5) is 3.98. The first-order valence-electron chi connectivity index (χ1n) is 4.31. The molecular weight excluding hydrogens is 268 g/mol. The molecule has 0 unspecified atom stereocenters. The Balaban J connectivity index is 2.45. The fourth-order valence-electron chi connectivity index (χ4n) is 1.34. The highest BCUT2D eigenvalue weighted by Gasteiger charge is 2.23. The monoisotopic (exact) mass is 275 g/mol. The van der Waals surface area contributed by atoms with Gasteiger partial charge in [-0.2, -0.15) is 5.10 Å². The number of alkyl halides is 2. The van der Waals surface area contributed by atoms with Crippen LogP contribution < -0.4 is 0 Å². The summed E-state index contributed by atoms with van der Waals surface area (Å²) >= 11 is 3.21. The van der Waals surface area contributed by atoms with Crippen molar-refractivity contribution in [3.8, 4) is 0 Å². The Hall–Kier alpha value is -1.04. The van der Waals surface area contributed by atoms with E-state index in [2.05, 4.69) is 26.0 Å². The van der Waals surface area contributed by atoms with E-state index in [1.165, 1.54) is 10.9 Å². The lowest BCUT2D eigenvalue weighted by atomic mass is 10.3. The molecule has 0 amide bonds. The van der Waals surface area contributed by atoms with Crippen LogP contribution >= 0.6 is 15.9 Å². The minimum Gasteiger partial charge on any atom is -0.257 e. The molecule has 3 nitrogen and oxygen atoms in total. The van der Waals surface area contributed by atoms with Gasteiger partial charge in [-0.05, 0) is 22.0 Å². The van der Waals surface area contributed by atoms with Crippen molar-refractivity contribution in [2.45, 2.75) is 19.4 Å². The van der Waals surface area contributed by atoms with E-state index >= 15 is 0 Å². The van der Waals surface area contributed by atoms with Gasteiger partial charge in [0.15, 0.2) is 0 Å². The third kappa shape index (κ3) is 2.31. The minimum absolute atomic E-state index is 0.431. The maximum atomic E-state index is 12.8. The van der Waals surface area contributed by atoms with E-state index < -0.39 is 12.5 Å². The number of pyridine rings is 1. The molecule has 2 aromatic rings. The van der Waals surface area contributed by atoms with E-state index in [0.29, 0.717) is 10.1 Å². The molecule has 0 atom stereocenters. The SMILES string of the molecule is CC(F)(F)Cn1ncc2cc(Br)ncc21. The van der Waals surface area contributed by atoms with E-state index in [-0.39, 0.29) is 0 Å². The molecule has 6 heteroatoms. The number of fused-ring (bicyclic) bond motifs is 1. The first-order valence-corrected chi connectivity index (χ1v) is 5.10. The third-order valence-corrected chi connectivity index (χ3v) is 2.36. The molecule has 0 fully saturated rings. The van der Waals surface area contributed by atoms with Gasteiger partial charge in [0.05, 0.1) is 17.9 Å². The molecule has 80 valence electrons. The van der Waals surface area contributed by atoms with Gasteiger partial charge in [0.2, 0.25) is 0 Å². The van der Waals surface area contributed by atoms with Crippen LogP contribution in [0.25, 0.3) is 10.9 Å². The average molecular weight is 276 g/mol. The Morgan fingerprint density at radius 1 is 1.47 bits per heavy atom. The molecule has 0 aromatic carbocycles. The molecule has 0 radical (unpaired) electrons. The van der Waals surface area contributed by atoms with Crippen molar-refractivity contribution < 1.29 is 8.78 Å². The standard InChI is InChI=1S/C9H8BrF2N3/c1-9(11,12)5-15-7-4-13-8(10)2-6(7)3-14-15/h2-4H,5H2,1H3. The maximum absolute atomic E-state index is 12.8. The van der Waals surface area contributed by atoms with Gasteiger partial charge in [-0.1, -0.05) is 0 Å². The zero-order chi connectivity index (χ0) is 11.1. The normalized spacial score (nSPS) is 12.3. The Bertz CT molecular complexity index is 490. The van der Waals surface area contributed by atoms with Gasteiger partial charge < -0.3 is 0 Å². The van der Waals surface area contributed by atoms with Gasteiger partial charge in [-0.3, -0.25) is 4.68 Å². The molecule has 2 rings (SSSR count). The molecule has 0 saturated heterocycles. The summed E-state index contributed by atoms with van der Waals surface area (Å²) in [6.07, 6.45) is 3.08. The second-order valence-corrected chi connectivity index (χ2v) is 4.25. The molecule has 15 heavy (non-hydrogen) atoms. The lowest BCUT2D eigenvalue weighted by Gasteiger charge is -2.10. The van der Waals surface area contributed by atoms with Crippen molar-refractivity contribution in [1.29, 1.82) is 0 Å². The summed E-state index contributed by atoms with van der Waals surface area (Å²) < 4.78 is 27.5. The third-order valence-electron chi connectivity index (χ3n) is 1.92.